The van der Waals surface area contributed by atoms with Crippen LogP contribution in [0.2, 0.25) is 0 Å². The number of hydrogen-bond donors (Lipinski definition) is 2. The number of nitrogens with zero attached hydrogens (tertiary/aromatic N) is 1. The number of nitrogens with two attached hydrogens (primary N) is 1. The molecule has 0 saturated carbocycles. The maximum absolute atomic E-state index is 10.6. The molecule has 1 heterocycles. The fraction of sp³-hybridized carbons (Fsp3) is 0.900. The molecule has 1 aliphatic heterocycles. The van der Waals surface area contributed by atoms with Crippen LogP contribution in [0.25, 0.3) is 0 Å². The van der Waals surface area contributed by atoms with Gasteiger partial charge < -0.3 is 20.5 Å². The van der Waals surface area contributed by atoms with Gasteiger partial charge in [-0.15, -0.1) is 0 Å². The molecule has 88 valence electrons. The van der Waals surface area contributed by atoms with Crippen LogP contribution in [0.15, 0.2) is 0 Å². The largest absolute Gasteiger partial charge is 0.465 e. The van der Waals surface area contributed by atoms with Crippen molar-refractivity contribution in [1.82, 2.24) is 4.90 Å². The van der Waals surface area contributed by atoms with Gasteiger partial charge in [-0.3, -0.25) is 0 Å². The molecule has 1 amide bonds. The number of carbonyl (C=O) groups is 1. The highest BCUT2D eigenvalue weighted by atomic mass is 16.5. The first-order valence-corrected chi connectivity index (χ1v) is 5.37. The minimum Gasteiger partial charge on any atom is -0.465 e. The number of amides is 1. The van der Waals surface area contributed by atoms with Gasteiger partial charge in [0.2, 0.25) is 0 Å². The van der Waals surface area contributed by atoms with Crippen molar-refractivity contribution in [3.8, 4) is 0 Å². The fourth-order valence-electron chi connectivity index (χ4n) is 1.93. The molecule has 0 spiro atoms. The second-order valence-corrected chi connectivity index (χ2v) is 4.24. The molecule has 0 bridgehead atoms. The first-order valence-electron chi connectivity index (χ1n) is 5.37. The maximum atomic E-state index is 10.6. The van der Waals surface area contributed by atoms with Crippen LogP contribution < -0.4 is 5.73 Å². The molecule has 0 radical (unpaired) electrons. The Morgan fingerprint density at radius 1 is 1.73 bits per heavy atom. The average molecular weight is 216 g/mol. The summed E-state index contributed by atoms with van der Waals surface area (Å²) >= 11 is 0. The Morgan fingerprint density at radius 2 is 2.47 bits per heavy atom. The standard InChI is InChI=1S/C10H20N2O3/c1-12(10(13)14)6-9(11)5-8-3-2-4-15-7-8/h8-9H,2-7,11H2,1H3,(H,13,14)/t8?,9-/m0/s1. The average Bonchev–Trinajstić information content (AvgIpc) is 2.18. The summed E-state index contributed by atoms with van der Waals surface area (Å²) in [4.78, 5) is 11.8. The van der Waals surface area contributed by atoms with Crippen LogP contribution >= 0.6 is 0 Å². The van der Waals surface area contributed by atoms with Crippen molar-refractivity contribution in [2.24, 2.45) is 11.7 Å². The molecular weight excluding hydrogens is 196 g/mol. The SMILES string of the molecule is CN(C[C@@H](N)CC1CCCOC1)C(=O)O. The quantitative estimate of drug-likeness (QED) is 0.726. The van der Waals surface area contributed by atoms with Gasteiger partial charge in [-0.2, -0.15) is 0 Å². The van der Waals surface area contributed by atoms with Gasteiger partial charge in [-0.05, 0) is 25.2 Å². The maximum Gasteiger partial charge on any atom is 0.407 e. The molecule has 5 nitrogen and oxygen atoms in total. The number of likely N-dealkylation sites (N-methyl/N-ethyl adjacent to an activating group) is 1. The van der Waals surface area contributed by atoms with Gasteiger partial charge in [0.05, 0.1) is 0 Å². The minimum atomic E-state index is -0.926. The molecule has 0 aromatic heterocycles. The first-order chi connectivity index (χ1) is 7.09. The first kappa shape index (κ1) is 12.3. The van der Waals surface area contributed by atoms with Crippen LogP contribution in [0.3, 0.4) is 0 Å². The van der Waals surface area contributed by atoms with Gasteiger partial charge >= 0.3 is 6.09 Å². The molecule has 1 rings (SSSR count). The summed E-state index contributed by atoms with van der Waals surface area (Å²) in [6.45, 7) is 2.01. The highest BCUT2D eigenvalue weighted by Crippen LogP contribution is 2.18. The topological polar surface area (TPSA) is 75.8 Å². The summed E-state index contributed by atoms with van der Waals surface area (Å²) in [6.07, 6.45) is 2.15. The lowest BCUT2D eigenvalue weighted by Gasteiger charge is -2.26. The van der Waals surface area contributed by atoms with Crippen LogP contribution in [0.5, 0.6) is 0 Å². The van der Waals surface area contributed by atoms with E-state index in [-0.39, 0.29) is 6.04 Å². The molecule has 15 heavy (non-hydrogen) atoms. The highest BCUT2D eigenvalue weighted by Gasteiger charge is 2.19. The zero-order valence-electron chi connectivity index (χ0n) is 9.19. The van der Waals surface area contributed by atoms with Gasteiger partial charge in [0.25, 0.3) is 0 Å². The zero-order chi connectivity index (χ0) is 11.3. The van der Waals surface area contributed by atoms with E-state index in [1.165, 1.54) is 4.90 Å². The smallest absolute Gasteiger partial charge is 0.407 e. The van der Waals surface area contributed by atoms with E-state index in [0.29, 0.717) is 12.5 Å². The van der Waals surface area contributed by atoms with E-state index in [0.717, 1.165) is 32.5 Å². The Labute approximate surface area is 90.2 Å². The molecule has 0 aliphatic carbocycles. The van der Waals surface area contributed by atoms with E-state index >= 15 is 0 Å². The Bertz CT molecular complexity index is 205. The summed E-state index contributed by atoms with van der Waals surface area (Å²) in [5, 5.41) is 8.68. The molecule has 1 saturated heterocycles. The second kappa shape index (κ2) is 5.92. The number of ether oxygens (including phenoxy) is 1. The minimum absolute atomic E-state index is 0.0854. The summed E-state index contributed by atoms with van der Waals surface area (Å²) in [5.74, 6) is 0.496. The molecule has 1 unspecified atom stereocenters. The molecule has 3 N–H and O–H groups in total. The van der Waals surface area contributed by atoms with Crippen molar-refractivity contribution in [2.45, 2.75) is 25.3 Å². The van der Waals surface area contributed by atoms with Gasteiger partial charge in [0.1, 0.15) is 0 Å². The number of hydrogen-bond acceptors (Lipinski definition) is 3. The van der Waals surface area contributed by atoms with E-state index in [4.69, 9.17) is 15.6 Å². The van der Waals surface area contributed by atoms with E-state index in [2.05, 4.69) is 0 Å². The van der Waals surface area contributed by atoms with Crippen LogP contribution in [0.1, 0.15) is 19.3 Å². The van der Waals surface area contributed by atoms with Crippen molar-refractivity contribution >= 4 is 6.09 Å². The lowest BCUT2D eigenvalue weighted by atomic mass is 9.94. The third-order valence-electron chi connectivity index (χ3n) is 2.73. The fourth-order valence-corrected chi connectivity index (χ4v) is 1.93. The third kappa shape index (κ3) is 4.48. The Hall–Kier alpha value is -0.810. The molecule has 0 aromatic rings. The monoisotopic (exact) mass is 216 g/mol. The molecule has 1 aliphatic rings. The van der Waals surface area contributed by atoms with Crippen LogP contribution in [-0.4, -0.2) is 48.9 Å². The summed E-state index contributed by atoms with van der Waals surface area (Å²) in [5.41, 5.74) is 5.88. The van der Waals surface area contributed by atoms with Gasteiger partial charge in [0.15, 0.2) is 0 Å². The summed E-state index contributed by atoms with van der Waals surface area (Å²) in [7, 11) is 1.54. The van der Waals surface area contributed by atoms with E-state index < -0.39 is 6.09 Å². The lowest BCUT2D eigenvalue weighted by Crippen LogP contribution is -2.40. The van der Waals surface area contributed by atoms with Crippen molar-refractivity contribution in [1.29, 1.82) is 0 Å². The summed E-state index contributed by atoms with van der Waals surface area (Å²) in [6, 6.07) is -0.0854. The van der Waals surface area contributed by atoms with Crippen molar-refractivity contribution in [3.05, 3.63) is 0 Å². The van der Waals surface area contributed by atoms with Crippen molar-refractivity contribution < 1.29 is 14.6 Å². The zero-order valence-corrected chi connectivity index (χ0v) is 9.19. The highest BCUT2D eigenvalue weighted by molar-refractivity contribution is 5.64. The molecule has 5 heteroatoms. The Balaban J connectivity index is 2.22. The molecular formula is C10H20N2O3. The van der Waals surface area contributed by atoms with Gasteiger partial charge in [-0.25, -0.2) is 4.79 Å². The van der Waals surface area contributed by atoms with E-state index in [1.54, 1.807) is 7.05 Å². The molecule has 1 fully saturated rings. The van der Waals surface area contributed by atoms with Crippen molar-refractivity contribution in [3.63, 3.8) is 0 Å². The summed E-state index contributed by atoms with van der Waals surface area (Å²) < 4.78 is 5.35. The molecule has 2 atom stereocenters. The second-order valence-electron chi connectivity index (χ2n) is 4.24. The number of carboxylic acid groups (broad SMARTS) is 1. The van der Waals surface area contributed by atoms with Crippen LogP contribution in [-0.2, 0) is 4.74 Å². The van der Waals surface area contributed by atoms with Gasteiger partial charge in [-0.1, -0.05) is 0 Å². The third-order valence-corrected chi connectivity index (χ3v) is 2.73. The van der Waals surface area contributed by atoms with Crippen LogP contribution in [0.4, 0.5) is 4.79 Å². The predicted octanol–water partition coefficient (Wildman–Crippen LogP) is 0.740. The predicted molar refractivity (Wildman–Crippen MR) is 56.8 cm³/mol. The lowest BCUT2D eigenvalue weighted by molar-refractivity contribution is 0.0478. The molecule has 0 aromatic carbocycles. The Morgan fingerprint density at radius 3 is 3.00 bits per heavy atom. The van der Waals surface area contributed by atoms with E-state index in [9.17, 15) is 4.79 Å². The van der Waals surface area contributed by atoms with Crippen molar-refractivity contribution in [2.75, 3.05) is 26.8 Å². The van der Waals surface area contributed by atoms with E-state index in [1.807, 2.05) is 0 Å². The normalized spacial score (nSPS) is 23.5. The Kier molecular flexibility index (Phi) is 4.84. The van der Waals surface area contributed by atoms with Crippen LogP contribution in [0, 0.1) is 5.92 Å². The van der Waals surface area contributed by atoms with Gasteiger partial charge in [0, 0.05) is 32.8 Å². The number of rotatable bonds is 4.